The Hall–Kier alpha value is -1.62. The van der Waals surface area contributed by atoms with Crippen LogP contribution in [0.25, 0.3) is 11.0 Å². The fourth-order valence-corrected chi connectivity index (χ4v) is 1.93. The molecule has 0 fully saturated rings. The third-order valence-electron chi connectivity index (χ3n) is 3.00. The second-order valence-corrected chi connectivity index (χ2v) is 4.22. The number of H-pyrrole nitrogens is 2. The molecule has 0 bridgehead atoms. The lowest BCUT2D eigenvalue weighted by Gasteiger charge is -2.05. The van der Waals surface area contributed by atoms with E-state index in [1.165, 1.54) is 6.33 Å². The molecule has 2 aromatic heterocycles. The normalized spacial score (nSPS) is 13.1. The Balaban J connectivity index is 2.09. The molecule has 3 N–H and O–H groups in total. The number of aromatic nitrogens is 3. The highest BCUT2D eigenvalue weighted by Gasteiger charge is 2.08. The lowest BCUT2D eigenvalue weighted by Crippen LogP contribution is -2.06. The smallest absolute Gasteiger partial charge is 0.275 e. The molecular weight excluding hydrogens is 218 g/mol. The van der Waals surface area contributed by atoms with Gasteiger partial charge in [-0.1, -0.05) is 6.92 Å². The first-order valence-corrected chi connectivity index (χ1v) is 5.94. The third-order valence-corrected chi connectivity index (χ3v) is 3.00. The van der Waals surface area contributed by atoms with Crippen LogP contribution in [-0.4, -0.2) is 26.2 Å². The number of hydrogen-bond donors (Lipinski definition) is 3. The summed E-state index contributed by atoms with van der Waals surface area (Å²) in [5.41, 5.74) is 2.16. The first-order valence-electron chi connectivity index (χ1n) is 5.94. The molecular formula is C12H17N3O2. The van der Waals surface area contributed by atoms with E-state index in [-0.39, 0.29) is 11.7 Å². The van der Waals surface area contributed by atoms with E-state index in [4.69, 9.17) is 0 Å². The molecule has 0 unspecified atom stereocenters. The van der Waals surface area contributed by atoms with Crippen LogP contribution in [0.4, 0.5) is 0 Å². The van der Waals surface area contributed by atoms with Crippen LogP contribution in [0.15, 0.2) is 17.3 Å². The van der Waals surface area contributed by atoms with E-state index in [1.807, 2.05) is 13.1 Å². The van der Waals surface area contributed by atoms with E-state index in [9.17, 15) is 9.90 Å². The minimum Gasteiger partial charge on any atom is -0.393 e. The van der Waals surface area contributed by atoms with Gasteiger partial charge in [0, 0.05) is 6.20 Å². The highest BCUT2D eigenvalue weighted by molar-refractivity contribution is 5.77. The van der Waals surface area contributed by atoms with Crippen molar-refractivity contribution in [3.8, 4) is 0 Å². The van der Waals surface area contributed by atoms with Crippen molar-refractivity contribution in [1.29, 1.82) is 0 Å². The van der Waals surface area contributed by atoms with Gasteiger partial charge in [-0.05, 0) is 31.2 Å². The van der Waals surface area contributed by atoms with Gasteiger partial charge in [0.15, 0.2) is 0 Å². The van der Waals surface area contributed by atoms with E-state index in [1.54, 1.807) is 0 Å². The van der Waals surface area contributed by atoms with Crippen LogP contribution < -0.4 is 5.56 Å². The summed E-state index contributed by atoms with van der Waals surface area (Å²) >= 11 is 0. The zero-order valence-electron chi connectivity index (χ0n) is 9.86. The number of aliphatic hydroxyl groups excluding tert-OH is 1. The van der Waals surface area contributed by atoms with Crippen LogP contribution in [0.1, 0.15) is 31.7 Å². The van der Waals surface area contributed by atoms with Crippen molar-refractivity contribution in [3.05, 3.63) is 28.4 Å². The summed E-state index contributed by atoms with van der Waals surface area (Å²) in [6.45, 7) is 1.97. The van der Waals surface area contributed by atoms with Crippen LogP contribution in [0.2, 0.25) is 0 Å². The molecule has 5 nitrogen and oxygen atoms in total. The van der Waals surface area contributed by atoms with Gasteiger partial charge in [-0.25, -0.2) is 4.98 Å². The summed E-state index contributed by atoms with van der Waals surface area (Å²) in [4.78, 5) is 21.1. The summed E-state index contributed by atoms with van der Waals surface area (Å²) in [7, 11) is 0. The van der Waals surface area contributed by atoms with E-state index in [2.05, 4.69) is 15.0 Å². The van der Waals surface area contributed by atoms with Gasteiger partial charge in [0.05, 0.1) is 17.9 Å². The van der Waals surface area contributed by atoms with Gasteiger partial charge in [-0.15, -0.1) is 0 Å². The SMILES string of the molecule is CC[C@H](O)CCCc1c[nH]c2c(=O)[nH]cnc12. The lowest BCUT2D eigenvalue weighted by atomic mass is 10.1. The average molecular weight is 235 g/mol. The van der Waals surface area contributed by atoms with Crippen LogP contribution >= 0.6 is 0 Å². The quantitative estimate of drug-likeness (QED) is 0.731. The van der Waals surface area contributed by atoms with Crippen molar-refractivity contribution in [3.63, 3.8) is 0 Å². The maximum absolute atomic E-state index is 11.5. The number of hydrogen-bond acceptors (Lipinski definition) is 3. The Morgan fingerprint density at radius 2 is 2.29 bits per heavy atom. The Kier molecular flexibility index (Phi) is 3.58. The van der Waals surface area contributed by atoms with Gasteiger partial charge >= 0.3 is 0 Å². The molecule has 0 aliphatic rings. The molecule has 5 heteroatoms. The van der Waals surface area contributed by atoms with Crippen molar-refractivity contribution in [1.82, 2.24) is 15.0 Å². The number of nitrogens with zero attached hydrogens (tertiary/aromatic N) is 1. The highest BCUT2D eigenvalue weighted by atomic mass is 16.3. The molecule has 0 spiro atoms. The molecule has 0 saturated carbocycles. The summed E-state index contributed by atoms with van der Waals surface area (Å²) in [6.07, 6.45) is 6.31. The minimum absolute atomic E-state index is 0.144. The molecule has 0 radical (unpaired) electrons. The van der Waals surface area contributed by atoms with Crippen molar-refractivity contribution < 1.29 is 5.11 Å². The molecule has 0 aromatic carbocycles. The van der Waals surface area contributed by atoms with Crippen LogP contribution in [0.3, 0.4) is 0 Å². The lowest BCUT2D eigenvalue weighted by molar-refractivity contribution is 0.158. The van der Waals surface area contributed by atoms with Crippen LogP contribution in [0.5, 0.6) is 0 Å². The van der Waals surface area contributed by atoms with Gasteiger partial charge in [0.1, 0.15) is 5.52 Å². The number of nitrogens with one attached hydrogen (secondary N) is 2. The minimum atomic E-state index is -0.225. The van der Waals surface area contributed by atoms with E-state index >= 15 is 0 Å². The summed E-state index contributed by atoms with van der Waals surface area (Å²) < 4.78 is 0. The maximum Gasteiger partial charge on any atom is 0.275 e. The fourth-order valence-electron chi connectivity index (χ4n) is 1.93. The van der Waals surface area contributed by atoms with Crippen molar-refractivity contribution in [2.75, 3.05) is 0 Å². The topological polar surface area (TPSA) is 81.8 Å². The monoisotopic (exact) mass is 235 g/mol. The molecule has 2 heterocycles. The van der Waals surface area contributed by atoms with Crippen LogP contribution in [0, 0.1) is 0 Å². The van der Waals surface area contributed by atoms with Gasteiger partial charge in [0.25, 0.3) is 5.56 Å². The number of rotatable bonds is 5. The number of aromatic amines is 2. The molecule has 0 aliphatic carbocycles. The molecule has 1 atom stereocenters. The highest BCUT2D eigenvalue weighted by Crippen LogP contribution is 2.15. The Morgan fingerprint density at radius 3 is 3.06 bits per heavy atom. The predicted octanol–water partition coefficient (Wildman–Crippen LogP) is 1.34. The third kappa shape index (κ3) is 2.55. The second kappa shape index (κ2) is 5.14. The maximum atomic E-state index is 11.5. The van der Waals surface area contributed by atoms with Gasteiger partial charge < -0.3 is 15.1 Å². The standard InChI is InChI=1S/C12H17N3O2/c1-2-9(16)5-3-4-8-6-13-11-10(8)14-7-15-12(11)17/h6-7,9,13,16H,2-5H2,1H3,(H,14,15,17)/t9-/m0/s1. The average Bonchev–Trinajstić information content (AvgIpc) is 2.74. The Morgan fingerprint density at radius 1 is 1.47 bits per heavy atom. The molecule has 2 aromatic rings. The Labute approximate surface area is 98.9 Å². The van der Waals surface area contributed by atoms with Crippen LogP contribution in [-0.2, 0) is 6.42 Å². The molecule has 0 amide bonds. The molecule has 92 valence electrons. The van der Waals surface area contributed by atoms with Gasteiger partial charge in [0.2, 0.25) is 0 Å². The van der Waals surface area contributed by atoms with Gasteiger partial charge in [-0.2, -0.15) is 0 Å². The summed E-state index contributed by atoms with van der Waals surface area (Å²) in [6, 6.07) is 0. The van der Waals surface area contributed by atoms with Crippen molar-refractivity contribution >= 4 is 11.0 Å². The number of aryl methyl sites for hydroxylation is 1. The molecule has 17 heavy (non-hydrogen) atoms. The largest absolute Gasteiger partial charge is 0.393 e. The first-order chi connectivity index (χ1) is 8.22. The first kappa shape index (κ1) is 11.9. The van der Waals surface area contributed by atoms with E-state index in [0.717, 1.165) is 36.8 Å². The van der Waals surface area contributed by atoms with E-state index < -0.39 is 0 Å². The van der Waals surface area contributed by atoms with Crippen molar-refractivity contribution in [2.24, 2.45) is 0 Å². The zero-order valence-corrected chi connectivity index (χ0v) is 9.86. The second-order valence-electron chi connectivity index (χ2n) is 4.22. The summed E-state index contributed by atoms with van der Waals surface area (Å²) in [5.74, 6) is 0. The fraction of sp³-hybridized carbons (Fsp3) is 0.500. The molecule has 2 rings (SSSR count). The van der Waals surface area contributed by atoms with Gasteiger partial charge in [-0.3, -0.25) is 4.79 Å². The van der Waals surface area contributed by atoms with Crippen molar-refractivity contribution in [2.45, 2.75) is 38.7 Å². The molecule has 0 saturated heterocycles. The summed E-state index contributed by atoms with van der Waals surface area (Å²) in [5, 5.41) is 9.47. The Bertz CT molecular complexity index is 544. The predicted molar refractivity (Wildman–Crippen MR) is 66.0 cm³/mol. The zero-order chi connectivity index (χ0) is 12.3. The van der Waals surface area contributed by atoms with E-state index in [0.29, 0.717) is 5.52 Å². The molecule has 0 aliphatic heterocycles. The number of aliphatic hydroxyl groups is 1. The number of fused-ring (bicyclic) bond motifs is 1.